The minimum absolute atomic E-state index is 0.0276. The van der Waals surface area contributed by atoms with Gasteiger partial charge < -0.3 is 5.11 Å². The second kappa shape index (κ2) is 9.77. The number of aryl methyl sites for hydroxylation is 1. The topological polar surface area (TPSA) is 125 Å². The molecule has 0 saturated heterocycles. The first kappa shape index (κ1) is 23.5. The molecule has 5 aromatic rings. The third kappa shape index (κ3) is 4.28. The lowest BCUT2D eigenvalue weighted by Crippen LogP contribution is -2.21. The van der Waals surface area contributed by atoms with Gasteiger partial charge in [-0.2, -0.15) is 10.2 Å². The van der Waals surface area contributed by atoms with Gasteiger partial charge in [0.05, 0.1) is 5.69 Å². The number of fused-ring (bicyclic) bond motifs is 1. The van der Waals surface area contributed by atoms with Gasteiger partial charge in [-0.3, -0.25) is 14.2 Å². The summed E-state index contributed by atoms with van der Waals surface area (Å²) in [5.74, 6) is 0.960. The van der Waals surface area contributed by atoms with Crippen LogP contribution in [0.2, 0.25) is 0 Å². The Hall–Kier alpha value is -4.27. The molecular formula is C27H29N7O2. The summed E-state index contributed by atoms with van der Waals surface area (Å²) in [6.45, 7) is 6.16. The summed E-state index contributed by atoms with van der Waals surface area (Å²) >= 11 is 0. The number of hydrogen-bond donors (Lipinski definition) is 3. The molecule has 0 bridgehead atoms. The Balaban J connectivity index is 1.54. The zero-order chi connectivity index (χ0) is 25.2. The van der Waals surface area contributed by atoms with E-state index in [1.165, 1.54) is 0 Å². The maximum Gasteiger partial charge on any atom is 0.256 e. The highest BCUT2D eigenvalue weighted by atomic mass is 16.3. The fourth-order valence-electron chi connectivity index (χ4n) is 4.74. The number of H-pyrrole nitrogens is 2. The molecule has 0 amide bonds. The predicted octanol–water partition coefficient (Wildman–Crippen LogP) is 4.63. The second-order valence-corrected chi connectivity index (χ2v) is 9.27. The highest BCUT2D eigenvalue weighted by molar-refractivity contribution is 5.80. The lowest BCUT2D eigenvalue weighted by atomic mass is 9.96. The van der Waals surface area contributed by atoms with Crippen LogP contribution in [0.15, 0.2) is 53.3 Å². The average molecular weight is 484 g/mol. The van der Waals surface area contributed by atoms with Gasteiger partial charge in [0.15, 0.2) is 0 Å². The molecule has 9 heteroatoms. The van der Waals surface area contributed by atoms with Crippen molar-refractivity contribution in [3.63, 3.8) is 0 Å². The minimum Gasteiger partial charge on any atom is -0.492 e. The molecule has 0 spiro atoms. The third-order valence-corrected chi connectivity index (χ3v) is 6.48. The summed E-state index contributed by atoms with van der Waals surface area (Å²) in [5, 5.41) is 24.9. The molecule has 0 saturated carbocycles. The monoisotopic (exact) mass is 483 g/mol. The standard InChI is InChI=1S/C27H29N7O2/c1-4-5-10-22-21(25(35)28-27-29-26(36)23(16(2)3)34(22)27)15-17-11-13-18(14-12-17)19-8-6-7-9-20(19)24-30-32-33-31-24/h6-9,11-14,16,36H,4-5,10,15H2,1-3H3,(H,28,29,35)(H,30,31,32,33). The molecule has 0 unspecified atom stereocenters. The van der Waals surface area contributed by atoms with Crippen LogP contribution in [0, 0.1) is 0 Å². The highest BCUT2D eigenvalue weighted by Crippen LogP contribution is 2.31. The average Bonchev–Trinajstić information content (AvgIpc) is 3.52. The maximum atomic E-state index is 13.2. The van der Waals surface area contributed by atoms with Crippen LogP contribution in [-0.4, -0.2) is 40.1 Å². The number of aromatic hydroxyl groups is 1. The van der Waals surface area contributed by atoms with E-state index in [1.807, 2.05) is 54.6 Å². The molecular weight excluding hydrogens is 454 g/mol. The van der Waals surface area contributed by atoms with Crippen LogP contribution in [0.1, 0.15) is 62.0 Å². The summed E-state index contributed by atoms with van der Waals surface area (Å²) in [6, 6.07) is 16.1. The van der Waals surface area contributed by atoms with E-state index in [9.17, 15) is 9.90 Å². The van der Waals surface area contributed by atoms with Crippen molar-refractivity contribution in [3.8, 4) is 28.4 Å². The van der Waals surface area contributed by atoms with Crippen LogP contribution < -0.4 is 5.56 Å². The smallest absolute Gasteiger partial charge is 0.256 e. The van der Waals surface area contributed by atoms with Gasteiger partial charge in [0.2, 0.25) is 17.5 Å². The summed E-state index contributed by atoms with van der Waals surface area (Å²) in [4.78, 5) is 20.3. The van der Waals surface area contributed by atoms with Gasteiger partial charge in [-0.15, -0.1) is 10.2 Å². The van der Waals surface area contributed by atoms with Gasteiger partial charge in [0.1, 0.15) is 0 Å². The van der Waals surface area contributed by atoms with Gasteiger partial charge >= 0.3 is 0 Å². The van der Waals surface area contributed by atoms with Gasteiger partial charge in [-0.25, -0.2) is 0 Å². The van der Waals surface area contributed by atoms with Gasteiger partial charge in [0.25, 0.3) is 5.56 Å². The number of nitrogens with one attached hydrogen (secondary N) is 2. The number of aromatic amines is 2. The number of rotatable bonds is 8. The molecule has 5 rings (SSSR count). The first-order chi connectivity index (χ1) is 17.5. The molecule has 0 aliphatic heterocycles. The zero-order valence-corrected chi connectivity index (χ0v) is 20.6. The Labute approximate surface area is 208 Å². The lowest BCUT2D eigenvalue weighted by molar-refractivity contribution is 0.445. The third-order valence-electron chi connectivity index (χ3n) is 6.48. The largest absolute Gasteiger partial charge is 0.492 e. The maximum absolute atomic E-state index is 13.2. The Bertz CT molecular complexity index is 1550. The first-order valence-corrected chi connectivity index (χ1v) is 12.3. The number of nitrogens with zero attached hydrogens (tertiary/aromatic N) is 5. The lowest BCUT2D eigenvalue weighted by Gasteiger charge is -2.15. The number of benzene rings is 2. The van der Waals surface area contributed by atoms with Gasteiger partial charge in [-0.1, -0.05) is 75.7 Å². The second-order valence-electron chi connectivity index (χ2n) is 9.27. The van der Waals surface area contributed by atoms with Crippen molar-refractivity contribution in [2.75, 3.05) is 0 Å². The Kier molecular flexibility index (Phi) is 6.37. The number of hydrogen-bond acceptors (Lipinski definition) is 6. The molecule has 36 heavy (non-hydrogen) atoms. The Morgan fingerprint density at radius 2 is 1.81 bits per heavy atom. The number of unbranched alkanes of at least 4 members (excludes halogenated alkanes) is 1. The van der Waals surface area contributed by atoms with E-state index in [0.29, 0.717) is 23.6 Å². The van der Waals surface area contributed by atoms with Crippen LogP contribution in [-0.2, 0) is 12.8 Å². The van der Waals surface area contributed by atoms with Crippen molar-refractivity contribution in [1.82, 2.24) is 35.0 Å². The number of imidazole rings is 1. The van der Waals surface area contributed by atoms with E-state index in [4.69, 9.17) is 0 Å². The van der Waals surface area contributed by atoms with Crippen LogP contribution in [0.4, 0.5) is 0 Å². The van der Waals surface area contributed by atoms with Crippen molar-refractivity contribution in [3.05, 3.63) is 81.4 Å². The molecule has 0 aliphatic rings. The van der Waals surface area contributed by atoms with Crippen LogP contribution in [0.25, 0.3) is 28.3 Å². The SMILES string of the molecule is CCCCc1c(Cc2ccc(-c3ccccc3-c3nn[nH]n3)cc2)c(=O)[nH]c2nc(O)c(C(C)C)n12. The van der Waals surface area contributed by atoms with Crippen molar-refractivity contribution >= 4 is 5.78 Å². The minimum atomic E-state index is -0.166. The van der Waals surface area contributed by atoms with Crippen LogP contribution in [0.5, 0.6) is 5.88 Å². The van der Waals surface area contributed by atoms with E-state index in [1.54, 1.807) is 0 Å². The normalized spacial score (nSPS) is 11.6. The Morgan fingerprint density at radius 1 is 1.06 bits per heavy atom. The fraction of sp³-hybridized carbons (Fsp3) is 0.296. The van der Waals surface area contributed by atoms with E-state index in [0.717, 1.165) is 52.9 Å². The summed E-state index contributed by atoms with van der Waals surface area (Å²) in [6.07, 6.45) is 3.15. The van der Waals surface area contributed by atoms with Gasteiger partial charge in [0, 0.05) is 23.2 Å². The quantitative estimate of drug-likeness (QED) is 0.295. The molecule has 0 fully saturated rings. The zero-order valence-electron chi connectivity index (χ0n) is 20.6. The highest BCUT2D eigenvalue weighted by Gasteiger charge is 2.22. The molecule has 3 aromatic heterocycles. The van der Waals surface area contributed by atoms with Crippen molar-refractivity contribution < 1.29 is 5.11 Å². The molecule has 184 valence electrons. The van der Waals surface area contributed by atoms with Crippen molar-refractivity contribution in [2.24, 2.45) is 0 Å². The van der Waals surface area contributed by atoms with E-state index in [2.05, 4.69) is 49.6 Å². The van der Waals surface area contributed by atoms with Crippen LogP contribution >= 0.6 is 0 Å². The number of aromatic nitrogens is 7. The van der Waals surface area contributed by atoms with E-state index < -0.39 is 0 Å². The number of tetrazole rings is 1. The summed E-state index contributed by atoms with van der Waals surface area (Å²) < 4.78 is 1.95. The molecule has 0 atom stereocenters. The van der Waals surface area contributed by atoms with E-state index in [-0.39, 0.29) is 17.4 Å². The summed E-state index contributed by atoms with van der Waals surface area (Å²) in [5.41, 5.74) is 6.12. The van der Waals surface area contributed by atoms with Gasteiger partial charge in [-0.05, 0) is 40.7 Å². The summed E-state index contributed by atoms with van der Waals surface area (Å²) in [7, 11) is 0. The fourth-order valence-corrected chi connectivity index (χ4v) is 4.74. The van der Waals surface area contributed by atoms with E-state index >= 15 is 0 Å². The molecule has 3 heterocycles. The first-order valence-electron chi connectivity index (χ1n) is 12.3. The molecule has 9 nitrogen and oxygen atoms in total. The van der Waals surface area contributed by atoms with Crippen molar-refractivity contribution in [1.29, 1.82) is 0 Å². The molecule has 3 N–H and O–H groups in total. The van der Waals surface area contributed by atoms with Crippen LogP contribution in [0.3, 0.4) is 0 Å². The Morgan fingerprint density at radius 3 is 2.47 bits per heavy atom. The molecule has 2 aromatic carbocycles. The van der Waals surface area contributed by atoms with Crippen molar-refractivity contribution in [2.45, 2.75) is 52.4 Å². The predicted molar refractivity (Wildman–Crippen MR) is 138 cm³/mol. The molecule has 0 radical (unpaired) electrons. The molecule has 0 aliphatic carbocycles.